The molecule has 100 valence electrons. The van der Waals surface area contributed by atoms with Crippen molar-refractivity contribution in [3.05, 3.63) is 0 Å². The largest absolute Gasteiger partial charge is 0.198 e. The van der Waals surface area contributed by atoms with Crippen LogP contribution in [0.5, 0.6) is 0 Å². The molecule has 1 aliphatic rings. The van der Waals surface area contributed by atoms with Crippen LogP contribution in [0.2, 0.25) is 0 Å². The van der Waals surface area contributed by atoms with Gasteiger partial charge in [0.25, 0.3) is 0 Å². The highest BCUT2D eigenvalue weighted by Gasteiger charge is 2.28. The van der Waals surface area contributed by atoms with Crippen molar-refractivity contribution in [2.24, 2.45) is 5.41 Å². The Bertz CT molecular complexity index is 265. The standard InChI is InChI=1S/C16H26N2/c17-14-12-16(13-15-18)10-8-6-4-2-1-3-5-7-9-11-16/h1-13H2. The maximum absolute atomic E-state index is 9.04. The average Bonchev–Trinajstić information content (AvgIpc) is 2.34. The van der Waals surface area contributed by atoms with Crippen molar-refractivity contribution in [3.63, 3.8) is 0 Å². The van der Waals surface area contributed by atoms with Crippen LogP contribution in [0.4, 0.5) is 0 Å². The zero-order chi connectivity index (χ0) is 13.1. The SMILES string of the molecule is N#CCC1(CC#N)CCCCCCCCCCC1. The third-order valence-electron chi connectivity index (χ3n) is 4.32. The third kappa shape index (κ3) is 5.54. The van der Waals surface area contributed by atoms with Gasteiger partial charge < -0.3 is 0 Å². The van der Waals surface area contributed by atoms with Gasteiger partial charge in [0, 0.05) is 12.8 Å². The minimum absolute atomic E-state index is 0.00268. The number of hydrogen-bond acceptors (Lipinski definition) is 2. The Hall–Kier alpha value is -1.02. The van der Waals surface area contributed by atoms with Crippen molar-refractivity contribution in [1.29, 1.82) is 10.5 Å². The van der Waals surface area contributed by atoms with E-state index >= 15 is 0 Å². The van der Waals surface area contributed by atoms with Crippen molar-refractivity contribution in [2.45, 2.75) is 83.5 Å². The van der Waals surface area contributed by atoms with Crippen molar-refractivity contribution < 1.29 is 0 Å². The molecule has 0 radical (unpaired) electrons. The van der Waals surface area contributed by atoms with Crippen molar-refractivity contribution in [3.8, 4) is 12.1 Å². The molecular formula is C16H26N2. The van der Waals surface area contributed by atoms with Gasteiger partial charge in [0.1, 0.15) is 0 Å². The van der Waals surface area contributed by atoms with Gasteiger partial charge >= 0.3 is 0 Å². The van der Waals surface area contributed by atoms with E-state index in [1.807, 2.05) is 0 Å². The van der Waals surface area contributed by atoms with Gasteiger partial charge in [-0.1, -0.05) is 57.8 Å². The first-order valence-corrected chi connectivity index (χ1v) is 7.57. The predicted octanol–water partition coefficient (Wildman–Crippen LogP) is 5.10. The minimum Gasteiger partial charge on any atom is -0.198 e. The van der Waals surface area contributed by atoms with Gasteiger partial charge in [0.2, 0.25) is 0 Å². The first kappa shape index (κ1) is 15.0. The second kappa shape index (κ2) is 8.98. The Morgan fingerprint density at radius 1 is 0.611 bits per heavy atom. The van der Waals surface area contributed by atoms with E-state index in [1.165, 1.54) is 57.8 Å². The molecule has 0 unspecified atom stereocenters. The highest BCUT2D eigenvalue weighted by atomic mass is 14.4. The van der Waals surface area contributed by atoms with Crippen LogP contribution < -0.4 is 0 Å². The zero-order valence-corrected chi connectivity index (χ0v) is 11.6. The Balaban J connectivity index is 2.57. The molecular weight excluding hydrogens is 220 g/mol. The Morgan fingerprint density at radius 2 is 0.944 bits per heavy atom. The second-order valence-corrected chi connectivity index (χ2v) is 5.85. The summed E-state index contributed by atoms with van der Waals surface area (Å²) < 4.78 is 0. The van der Waals surface area contributed by atoms with Crippen molar-refractivity contribution in [2.75, 3.05) is 0 Å². The summed E-state index contributed by atoms with van der Waals surface area (Å²) in [7, 11) is 0. The highest BCUT2D eigenvalue weighted by Crippen LogP contribution is 2.38. The third-order valence-corrected chi connectivity index (χ3v) is 4.32. The van der Waals surface area contributed by atoms with Crippen molar-refractivity contribution in [1.82, 2.24) is 0 Å². The summed E-state index contributed by atoms with van der Waals surface area (Å²) in [6, 6.07) is 4.65. The van der Waals surface area contributed by atoms with Gasteiger partial charge in [-0.25, -0.2) is 0 Å². The van der Waals surface area contributed by atoms with Gasteiger partial charge in [-0.2, -0.15) is 10.5 Å². The summed E-state index contributed by atoms with van der Waals surface area (Å²) in [6.45, 7) is 0. The number of hydrogen-bond donors (Lipinski definition) is 0. The molecule has 0 amide bonds. The van der Waals surface area contributed by atoms with E-state index in [0.717, 1.165) is 12.8 Å². The second-order valence-electron chi connectivity index (χ2n) is 5.85. The van der Waals surface area contributed by atoms with Crippen molar-refractivity contribution >= 4 is 0 Å². The van der Waals surface area contributed by atoms with Crippen LogP contribution in [0.25, 0.3) is 0 Å². The maximum atomic E-state index is 9.04. The lowest BCUT2D eigenvalue weighted by Gasteiger charge is -2.29. The molecule has 0 aromatic heterocycles. The molecule has 2 nitrogen and oxygen atoms in total. The van der Waals surface area contributed by atoms with E-state index in [9.17, 15) is 0 Å². The zero-order valence-electron chi connectivity index (χ0n) is 11.6. The normalized spacial score (nSPS) is 21.9. The van der Waals surface area contributed by atoms with Gasteiger partial charge in [-0.3, -0.25) is 0 Å². The predicted molar refractivity (Wildman–Crippen MR) is 73.7 cm³/mol. The molecule has 0 atom stereocenters. The monoisotopic (exact) mass is 246 g/mol. The molecule has 0 saturated heterocycles. The molecule has 0 heterocycles. The van der Waals surface area contributed by atoms with Crippen LogP contribution in [0.15, 0.2) is 0 Å². The van der Waals surface area contributed by atoms with E-state index in [1.54, 1.807) is 0 Å². The van der Waals surface area contributed by atoms with E-state index < -0.39 is 0 Å². The summed E-state index contributed by atoms with van der Waals surface area (Å²) in [6.07, 6.45) is 15.0. The van der Waals surface area contributed by atoms with E-state index in [-0.39, 0.29) is 5.41 Å². The molecule has 0 aliphatic heterocycles. The number of rotatable bonds is 2. The molecule has 1 saturated carbocycles. The van der Waals surface area contributed by atoms with Gasteiger partial charge in [-0.15, -0.1) is 0 Å². The molecule has 0 bridgehead atoms. The van der Waals surface area contributed by atoms with Crippen LogP contribution in [0.3, 0.4) is 0 Å². The summed E-state index contributed by atoms with van der Waals surface area (Å²) >= 11 is 0. The minimum atomic E-state index is 0.00268. The lowest BCUT2D eigenvalue weighted by molar-refractivity contribution is 0.230. The molecule has 18 heavy (non-hydrogen) atoms. The fourth-order valence-electron chi connectivity index (χ4n) is 3.11. The summed E-state index contributed by atoms with van der Waals surface area (Å²) in [5.74, 6) is 0. The lowest BCUT2D eigenvalue weighted by atomic mass is 9.73. The maximum Gasteiger partial charge on any atom is 0.0627 e. The lowest BCUT2D eigenvalue weighted by Crippen LogP contribution is -2.20. The molecule has 0 spiro atoms. The Kier molecular flexibility index (Phi) is 7.51. The molecule has 1 rings (SSSR count). The van der Waals surface area contributed by atoms with Gasteiger partial charge in [0.15, 0.2) is 0 Å². The smallest absolute Gasteiger partial charge is 0.0627 e. The van der Waals surface area contributed by atoms with Crippen LogP contribution in [-0.4, -0.2) is 0 Å². The number of nitrogens with zero attached hydrogens (tertiary/aromatic N) is 2. The van der Waals surface area contributed by atoms with Crippen LogP contribution in [0, 0.1) is 28.1 Å². The first-order valence-electron chi connectivity index (χ1n) is 7.57. The molecule has 1 fully saturated rings. The van der Waals surface area contributed by atoms with E-state index in [2.05, 4.69) is 12.1 Å². The van der Waals surface area contributed by atoms with Gasteiger partial charge in [0.05, 0.1) is 12.1 Å². The first-order chi connectivity index (χ1) is 8.83. The quantitative estimate of drug-likeness (QED) is 0.680. The summed E-state index contributed by atoms with van der Waals surface area (Å²) in [5.41, 5.74) is 0.00268. The topological polar surface area (TPSA) is 47.6 Å². The van der Waals surface area contributed by atoms with E-state index in [4.69, 9.17) is 10.5 Å². The Morgan fingerprint density at radius 3 is 1.28 bits per heavy atom. The summed E-state index contributed by atoms with van der Waals surface area (Å²) in [4.78, 5) is 0. The fraction of sp³-hybridized carbons (Fsp3) is 0.875. The average molecular weight is 246 g/mol. The van der Waals surface area contributed by atoms with Crippen LogP contribution in [-0.2, 0) is 0 Å². The molecule has 2 heteroatoms. The van der Waals surface area contributed by atoms with Crippen LogP contribution >= 0.6 is 0 Å². The van der Waals surface area contributed by atoms with Gasteiger partial charge in [-0.05, 0) is 18.3 Å². The molecule has 0 aromatic rings. The highest BCUT2D eigenvalue weighted by molar-refractivity contribution is 4.94. The van der Waals surface area contributed by atoms with E-state index in [0.29, 0.717) is 12.8 Å². The fourth-order valence-corrected chi connectivity index (χ4v) is 3.11. The summed E-state index contributed by atoms with van der Waals surface area (Å²) in [5, 5.41) is 18.1. The molecule has 1 aliphatic carbocycles. The van der Waals surface area contributed by atoms with Crippen LogP contribution in [0.1, 0.15) is 83.5 Å². The molecule has 0 N–H and O–H groups in total. The Labute approximate surface area is 112 Å². The molecule has 0 aromatic carbocycles. The number of nitriles is 2.